The van der Waals surface area contributed by atoms with E-state index < -0.39 is 24.1 Å². The van der Waals surface area contributed by atoms with Crippen LogP contribution in [0.4, 0.5) is 0 Å². The minimum Gasteiger partial charge on any atom is -0.481 e. The van der Waals surface area contributed by atoms with Crippen LogP contribution in [0, 0.1) is 0 Å². The third-order valence-electron chi connectivity index (χ3n) is 2.95. The zero-order valence-corrected chi connectivity index (χ0v) is 12.4. The van der Waals surface area contributed by atoms with E-state index in [1.807, 2.05) is 0 Å². The summed E-state index contributed by atoms with van der Waals surface area (Å²) in [6.07, 6.45) is 1.61. The van der Waals surface area contributed by atoms with Gasteiger partial charge in [0, 0.05) is 21.4 Å². The summed E-state index contributed by atoms with van der Waals surface area (Å²) in [5.41, 5.74) is 0. The van der Waals surface area contributed by atoms with Crippen molar-refractivity contribution in [3.63, 3.8) is 0 Å². The molecule has 0 aromatic rings. The number of methoxy groups -OCH3 is 1. The second-order valence-electron chi connectivity index (χ2n) is 4.82. The molecule has 0 amide bonds. The number of Topliss-reactive ketones (excluding diaryl/α,β-unsaturated/α-hetero) is 1. The minimum absolute atomic E-state index is 0. The summed E-state index contributed by atoms with van der Waals surface area (Å²) in [6, 6.07) is 0. The van der Waals surface area contributed by atoms with E-state index in [0.29, 0.717) is 12.8 Å². The van der Waals surface area contributed by atoms with Crippen molar-refractivity contribution in [3.05, 3.63) is 0 Å². The van der Waals surface area contributed by atoms with Crippen LogP contribution in [0.5, 0.6) is 0 Å². The molecule has 0 aromatic heterocycles. The molecule has 0 aliphatic heterocycles. The molecule has 0 aromatic carbocycles. The topological polar surface area (TPSA) is 89.9 Å². The fraction of sp³-hybridized carbons (Fsp3) is 0.800. The molecule has 0 saturated heterocycles. The summed E-state index contributed by atoms with van der Waals surface area (Å²) < 4.78 is 10.1. The van der Waals surface area contributed by atoms with Gasteiger partial charge < -0.3 is 19.4 Å². The molecule has 21 heavy (non-hydrogen) atoms. The molecule has 0 aliphatic rings. The van der Waals surface area contributed by atoms with E-state index in [4.69, 9.17) is 14.6 Å². The zero-order chi connectivity index (χ0) is 15.5. The van der Waals surface area contributed by atoms with Crippen LogP contribution in [0.25, 0.3) is 0 Å². The maximum absolute atomic E-state index is 11.6. The van der Waals surface area contributed by atoms with Gasteiger partial charge in [0.2, 0.25) is 0 Å². The summed E-state index contributed by atoms with van der Waals surface area (Å²) in [5, 5.41) is 8.69. The maximum Gasteiger partial charge on any atom is 0.335 e. The predicted octanol–water partition coefficient (Wildman–Crippen LogP) is 2.83. The monoisotopic (exact) mass is 307 g/mol. The molecule has 0 fully saturated rings. The van der Waals surface area contributed by atoms with Gasteiger partial charge in [-0.3, -0.25) is 4.79 Å². The third-order valence-corrected chi connectivity index (χ3v) is 2.95. The Balaban J connectivity index is -0.00000180. The van der Waals surface area contributed by atoms with Crippen molar-refractivity contribution in [2.45, 2.75) is 72.0 Å². The number of ketones is 1. The van der Waals surface area contributed by atoms with E-state index in [2.05, 4.69) is 0 Å². The average molecular weight is 307 g/mol. The average Bonchev–Trinajstić information content (AvgIpc) is 2.38. The van der Waals surface area contributed by atoms with Gasteiger partial charge >= 0.3 is 11.9 Å². The number of ether oxygens (including phenoxy) is 2. The first kappa shape index (κ1) is 21.9. The van der Waals surface area contributed by atoms with Gasteiger partial charge in [-0.15, -0.1) is 0 Å². The van der Waals surface area contributed by atoms with E-state index in [1.165, 1.54) is 14.0 Å². The lowest BCUT2D eigenvalue weighted by atomic mass is 10.0. The number of esters is 1. The highest BCUT2D eigenvalue weighted by molar-refractivity contribution is 5.75. The molecular formula is C15H30O6. The Bertz CT molecular complexity index is 332. The molecule has 0 saturated carbocycles. The highest BCUT2D eigenvalue weighted by atomic mass is 16.6. The number of carbonyl (C=O) groups is 3. The Kier molecular flexibility index (Phi) is 12.8. The molecule has 2 atom stereocenters. The summed E-state index contributed by atoms with van der Waals surface area (Å²) in [7, 11) is 1.41. The number of hydrogen-bond acceptors (Lipinski definition) is 5. The van der Waals surface area contributed by atoms with Crippen molar-refractivity contribution in [3.8, 4) is 0 Å². The summed E-state index contributed by atoms with van der Waals surface area (Å²) in [4.78, 5) is 33.0. The zero-order valence-electron chi connectivity index (χ0n) is 12.4. The quantitative estimate of drug-likeness (QED) is 0.466. The SMILES string of the molecule is C.COC(C)C(=O)OC(CCCCC(C)=O)CCC(=O)O.[2HH]. The normalized spacial score (nSPS) is 12.9. The molecular weight excluding hydrogens is 276 g/mol. The molecule has 0 aliphatic carbocycles. The second-order valence-corrected chi connectivity index (χ2v) is 4.82. The van der Waals surface area contributed by atoms with E-state index >= 15 is 0 Å². The van der Waals surface area contributed by atoms with Gasteiger partial charge in [0.05, 0.1) is 0 Å². The van der Waals surface area contributed by atoms with Gasteiger partial charge in [0.25, 0.3) is 0 Å². The summed E-state index contributed by atoms with van der Waals surface area (Å²) in [6.45, 7) is 3.11. The van der Waals surface area contributed by atoms with Gasteiger partial charge in [0.15, 0.2) is 6.10 Å². The molecule has 2 unspecified atom stereocenters. The molecule has 6 heteroatoms. The standard InChI is InChI=1S/C14H24O6.CH4.H2/c1-10(15)6-4-5-7-12(8-9-13(16)17)20-14(18)11(2)19-3;;/h11-12H,4-9H2,1-3H3,(H,16,17);1H4;1H/i;;1+1. The van der Waals surface area contributed by atoms with Gasteiger partial charge in [-0.25, -0.2) is 4.79 Å². The van der Waals surface area contributed by atoms with Crippen molar-refractivity contribution < 1.29 is 30.4 Å². The lowest BCUT2D eigenvalue weighted by molar-refractivity contribution is -0.161. The first-order valence-corrected chi connectivity index (χ1v) is 6.81. The first-order valence-electron chi connectivity index (χ1n) is 6.81. The molecule has 0 spiro atoms. The highest BCUT2D eigenvalue weighted by Crippen LogP contribution is 2.14. The lowest BCUT2D eigenvalue weighted by Crippen LogP contribution is -2.28. The lowest BCUT2D eigenvalue weighted by Gasteiger charge is -2.19. The number of aliphatic carboxylic acids is 1. The summed E-state index contributed by atoms with van der Waals surface area (Å²) in [5.74, 6) is -1.29. The smallest absolute Gasteiger partial charge is 0.335 e. The molecule has 0 bridgehead atoms. The Labute approximate surface area is 128 Å². The van der Waals surface area contributed by atoms with Gasteiger partial charge in [0.1, 0.15) is 11.9 Å². The summed E-state index contributed by atoms with van der Waals surface area (Å²) >= 11 is 0. The number of carboxylic acid groups (broad SMARTS) is 1. The number of carboxylic acids is 1. The minimum atomic E-state index is -0.922. The van der Waals surface area contributed by atoms with Crippen LogP contribution in [0.15, 0.2) is 0 Å². The van der Waals surface area contributed by atoms with Crippen molar-refractivity contribution in [2.75, 3.05) is 7.11 Å². The van der Waals surface area contributed by atoms with Gasteiger partial charge in [-0.2, -0.15) is 0 Å². The number of unbranched alkanes of at least 4 members (excludes halogenated alkanes) is 1. The van der Waals surface area contributed by atoms with Crippen LogP contribution in [-0.2, 0) is 23.9 Å². The van der Waals surface area contributed by atoms with Crippen molar-refractivity contribution in [1.29, 1.82) is 0 Å². The maximum atomic E-state index is 11.6. The van der Waals surface area contributed by atoms with Crippen molar-refractivity contribution in [1.82, 2.24) is 0 Å². The van der Waals surface area contributed by atoms with Crippen LogP contribution >= 0.6 is 0 Å². The van der Waals surface area contributed by atoms with Crippen LogP contribution in [0.3, 0.4) is 0 Å². The van der Waals surface area contributed by atoms with E-state index in [9.17, 15) is 14.4 Å². The van der Waals surface area contributed by atoms with Gasteiger partial charge in [-0.1, -0.05) is 7.43 Å². The van der Waals surface area contributed by atoms with Crippen molar-refractivity contribution >= 4 is 17.7 Å². The number of rotatable bonds is 11. The predicted molar refractivity (Wildman–Crippen MR) is 81.2 cm³/mol. The largest absolute Gasteiger partial charge is 0.481 e. The Morgan fingerprint density at radius 1 is 1.14 bits per heavy atom. The molecule has 6 nitrogen and oxygen atoms in total. The first-order chi connectivity index (χ1) is 9.36. The molecule has 126 valence electrons. The van der Waals surface area contributed by atoms with Gasteiger partial charge in [-0.05, 0) is 39.5 Å². The number of carbonyl (C=O) groups excluding carboxylic acids is 2. The fourth-order valence-electron chi connectivity index (χ4n) is 1.65. The Hall–Kier alpha value is -1.43. The molecule has 0 rings (SSSR count). The van der Waals surface area contributed by atoms with E-state index in [0.717, 1.165) is 12.8 Å². The third kappa shape index (κ3) is 12.1. The van der Waals surface area contributed by atoms with Crippen molar-refractivity contribution in [2.24, 2.45) is 0 Å². The fourth-order valence-corrected chi connectivity index (χ4v) is 1.65. The van der Waals surface area contributed by atoms with Crippen LogP contribution in [0.1, 0.15) is 61.2 Å². The van der Waals surface area contributed by atoms with E-state index in [-0.39, 0.29) is 27.5 Å². The molecule has 0 radical (unpaired) electrons. The van der Waals surface area contributed by atoms with Crippen LogP contribution in [0.2, 0.25) is 0 Å². The Morgan fingerprint density at radius 3 is 2.24 bits per heavy atom. The van der Waals surface area contributed by atoms with Crippen LogP contribution < -0.4 is 0 Å². The molecule has 0 heterocycles. The second kappa shape index (κ2) is 12.3. The number of hydrogen-bond donors (Lipinski definition) is 1. The van der Waals surface area contributed by atoms with E-state index in [1.54, 1.807) is 6.92 Å². The molecule has 1 N–H and O–H groups in total. The Morgan fingerprint density at radius 2 is 1.76 bits per heavy atom. The highest BCUT2D eigenvalue weighted by Gasteiger charge is 2.20. The van der Waals surface area contributed by atoms with Crippen LogP contribution in [-0.4, -0.2) is 42.1 Å².